The van der Waals surface area contributed by atoms with Crippen molar-refractivity contribution in [2.24, 2.45) is 0 Å². The predicted molar refractivity (Wildman–Crippen MR) is 121 cm³/mol. The third-order valence-electron chi connectivity index (χ3n) is 5.27. The third kappa shape index (κ3) is 4.64. The first-order valence-corrected chi connectivity index (χ1v) is 11.0. The normalized spacial score (nSPS) is 14.8. The quantitative estimate of drug-likeness (QED) is 0.600. The van der Waals surface area contributed by atoms with Gasteiger partial charge in [0.1, 0.15) is 5.75 Å². The van der Waals surface area contributed by atoms with Crippen LogP contribution in [0.3, 0.4) is 0 Å². The second-order valence-corrected chi connectivity index (χ2v) is 8.63. The molecule has 3 aromatic rings. The Balaban J connectivity index is 1.66. The van der Waals surface area contributed by atoms with Gasteiger partial charge in [-0.3, -0.25) is 14.6 Å². The molecule has 2 heterocycles. The highest BCUT2D eigenvalue weighted by molar-refractivity contribution is 7.22. The first-order valence-electron chi connectivity index (χ1n) is 10.2. The fourth-order valence-electron chi connectivity index (χ4n) is 3.74. The highest BCUT2D eigenvalue weighted by Gasteiger charge is 2.23. The summed E-state index contributed by atoms with van der Waals surface area (Å²) in [5.74, 6) is 0.751. The molecule has 6 nitrogen and oxygen atoms in total. The number of nitrogens with zero attached hydrogens (tertiary/aromatic N) is 3. The monoisotopic (exact) mass is 425 g/mol. The Kier molecular flexibility index (Phi) is 6.32. The van der Waals surface area contributed by atoms with Crippen molar-refractivity contribution in [3.05, 3.63) is 53.1 Å². The number of benzene rings is 2. The van der Waals surface area contributed by atoms with Gasteiger partial charge < -0.3 is 9.47 Å². The number of hydrogen-bond acceptors (Lipinski definition) is 6. The fraction of sp³-hybridized carbons (Fsp3) is 0.391. The number of thiazole rings is 1. The van der Waals surface area contributed by atoms with E-state index in [1.807, 2.05) is 49.1 Å². The topological polar surface area (TPSA) is 54.9 Å². The van der Waals surface area contributed by atoms with Gasteiger partial charge in [-0.2, -0.15) is 0 Å². The molecule has 0 spiro atoms. The molecule has 1 aliphatic heterocycles. The molecular formula is C23H27N3O3S. The maximum Gasteiger partial charge on any atom is 0.260 e. The molecule has 0 unspecified atom stereocenters. The molecule has 4 rings (SSSR count). The van der Waals surface area contributed by atoms with Crippen LogP contribution in [0, 0.1) is 13.8 Å². The van der Waals surface area contributed by atoms with Gasteiger partial charge in [-0.25, -0.2) is 4.98 Å². The van der Waals surface area contributed by atoms with Gasteiger partial charge in [-0.15, -0.1) is 0 Å². The Bertz CT molecular complexity index is 1020. The number of anilines is 1. The standard InChI is InChI=1S/C23H27N3O3S/c1-16-12-17(2)14-18(13-16)22(27)26(7-6-25-8-10-29-11-9-25)23-24-20-15-19(28-3)4-5-21(20)30-23/h4-5,12-15H,6-11H2,1-3H3. The van der Waals surface area contributed by atoms with Crippen LogP contribution >= 0.6 is 11.3 Å². The number of amides is 1. The van der Waals surface area contributed by atoms with E-state index in [4.69, 9.17) is 14.5 Å². The minimum Gasteiger partial charge on any atom is -0.497 e. The van der Waals surface area contributed by atoms with E-state index in [2.05, 4.69) is 11.0 Å². The lowest BCUT2D eigenvalue weighted by molar-refractivity contribution is 0.0391. The van der Waals surface area contributed by atoms with E-state index in [9.17, 15) is 4.79 Å². The summed E-state index contributed by atoms with van der Waals surface area (Å²) in [6.07, 6.45) is 0. The van der Waals surface area contributed by atoms with Crippen molar-refractivity contribution in [1.82, 2.24) is 9.88 Å². The van der Waals surface area contributed by atoms with Crippen LogP contribution in [-0.2, 0) is 4.74 Å². The molecule has 1 aromatic heterocycles. The van der Waals surface area contributed by atoms with Crippen LogP contribution in [0.25, 0.3) is 10.2 Å². The lowest BCUT2D eigenvalue weighted by Crippen LogP contribution is -2.43. The number of carbonyl (C=O) groups excluding carboxylic acids is 1. The van der Waals surface area contributed by atoms with Crippen LogP contribution < -0.4 is 9.64 Å². The van der Waals surface area contributed by atoms with Gasteiger partial charge in [0.2, 0.25) is 0 Å². The smallest absolute Gasteiger partial charge is 0.260 e. The van der Waals surface area contributed by atoms with Crippen LogP contribution in [0.1, 0.15) is 21.5 Å². The zero-order valence-corrected chi connectivity index (χ0v) is 18.5. The molecule has 0 aliphatic carbocycles. The van der Waals surface area contributed by atoms with Crippen molar-refractivity contribution in [2.45, 2.75) is 13.8 Å². The van der Waals surface area contributed by atoms with Crippen molar-refractivity contribution < 1.29 is 14.3 Å². The Morgan fingerprint density at radius 2 is 1.90 bits per heavy atom. The summed E-state index contributed by atoms with van der Waals surface area (Å²) in [5, 5.41) is 0.718. The maximum atomic E-state index is 13.5. The van der Waals surface area contributed by atoms with E-state index in [0.717, 1.165) is 65.1 Å². The second-order valence-electron chi connectivity index (χ2n) is 7.62. The molecule has 158 valence electrons. The zero-order valence-electron chi connectivity index (χ0n) is 17.7. The van der Waals surface area contributed by atoms with E-state index >= 15 is 0 Å². The van der Waals surface area contributed by atoms with Gasteiger partial charge in [0.05, 0.1) is 30.5 Å². The van der Waals surface area contributed by atoms with E-state index in [1.54, 1.807) is 7.11 Å². The minimum atomic E-state index is -0.0129. The van der Waals surface area contributed by atoms with Crippen LogP contribution in [0.15, 0.2) is 36.4 Å². The fourth-order valence-corrected chi connectivity index (χ4v) is 4.71. The molecular weight excluding hydrogens is 398 g/mol. The Morgan fingerprint density at radius 3 is 2.60 bits per heavy atom. The molecule has 7 heteroatoms. The number of carbonyl (C=O) groups is 1. The first kappa shape index (κ1) is 20.8. The summed E-state index contributed by atoms with van der Waals surface area (Å²) in [6.45, 7) is 8.68. The lowest BCUT2D eigenvalue weighted by Gasteiger charge is -2.29. The number of morpholine rings is 1. The third-order valence-corrected chi connectivity index (χ3v) is 6.33. The van der Waals surface area contributed by atoms with Crippen molar-refractivity contribution in [3.8, 4) is 5.75 Å². The summed E-state index contributed by atoms with van der Waals surface area (Å²) in [5.41, 5.74) is 3.71. The average molecular weight is 426 g/mol. The van der Waals surface area contributed by atoms with Crippen LogP contribution in [0.2, 0.25) is 0 Å². The molecule has 0 saturated carbocycles. The molecule has 2 aromatic carbocycles. The zero-order chi connectivity index (χ0) is 21.1. The number of methoxy groups -OCH3 is 1. The largest absolute Gasteiger partial charge is 0.497 e. The average Bonchev–Trinajstić information content (AvgIpc) is 3.16. The molecule has 1 fully saturated rings. The number of hydrogen-bond donors (Lipinski definition) is 0. The lowest BCUT2D eigenvalue weighted by atomic mass is 10.1. The summed E-state index contributed by atoms with van der Waals surface area (Å²) in [6, 6.07) is 11.8. The Labute approximate surface area is 181 Å². The van der Waals surface area contributed by atoms with E-state index in [1.165, 1.54) is 11.3 Å². The van der Waals surface area contributed by atoms with Crippen LogP contribution in [0.5, 0.6) is 5.75 Å². The van der Waals surface area contributed by atoms with Crippen molar-refractivity contribution >= 4 is 32.6 Å². The van der Waals surface area contributed by atoms with Gasteiger partial charge in [-0.05, 0) is 38.1 Å². The molecule has 30 heavy (non-hydrogen) atoms. The Morgan fingerprint density at radius 1 is 1.17 bits per heavy atom. The van der Waals surface area contributed by atoms with Crippen molar-refractivity contribution in [3.63, 3.8) is 0 Å². The van der Waals surface area contributed by atoms with Crippen LogP contribution in [0.4, 0.5) is 5.13 Å². The number of rotatable bonds is 6. The van der Waals surface area contributed by atoms with Gasteiger partial charge in [0.25, 0.3) is 5.91 Å². The van der Waals surface area contributed by atoms with Gasteiger partial charge in [0.15, 0.2) is 5.13 Å². The van der Waals surface area contributed by atoms with Gasteiger partial charge >= 0.3 is 0 Å². The number of ether oxygens (including phenoxy) is 2. The number of aromatic nitrogens is 1. The molecule has 0 radical (unpaired) electrons. The maximum absolute atomic E-state index is 13.5. The molecule has 0 atom stereocenters. The van der Waals surface area contributed by atoms with Crippen molar-refractivity contribution in [2.75, 3.05) is 51.4 Å². The first-order chi connectivity index (χ1) is 14.5. The van der Waals surface area contributed by atoms with Crippen molar-refractivity contribution in [1.29, 1.82) is 0 Å². The van der Waals surface area contributed by atoms with E-state index in [-0.39, 0.29) is 5.91 Å². The molecule has 1 saturated heterocycles. The summed E-state index contributed by atoms with van der Waals surface area (Å²) in [7, 11) is 1.65. The van der Waals surface area contributed by atoms with E-state index < -0.39 is 0 Å². The van der Waals surface area contributed by atoms with Crippen LogP contribution in [-0.4, -0.2) is 62.3 Å². The number of fused-ring (bicyclic) bond motifs is 1. The number of aryl methyl sites for hydroxylation is 2. The SMILES string of the molecule is COc1ccc2sc(N(CCN3CCOCC3)C(=O)c3cc(C)cc(C)c3)nc2c1. The predicted octanol–water partition coefficient (Wildman–Crippen LogP) is 3.90. The molecule has 1 aliphatic rings. The second kappa shape index (κ2) is 9.12. The highest BCUT2D eigenvalue weighted by atomic mass is 32.1. The summed E-state index contributed by atoms with van der Waals surface area (Å²) >= 11 is 1.54. The summed E-state index contributed by atoms with van der Waals surface area (Å²) < 4.78 is 11.8. The molecule has 1 amide bonds. The Hall–Kier alpha value is -2.48. The van der Waals surface area contributed by atoms with Gasteiger partial charge in [-0.1, -0.05) is 28.5 Å². The molecule has 0 bridgehead atoms. The minimum absolute atomic E-state index is 0.0129. The summed E-state index contributed by atoms with van der Waals surface area (Å²) in [4.78, 5) is 22.5. The van der Waals surface area contributed by atoms with Gasteiger partial charge in [0, 0.05) is 37.8 Å². The van der Waals surface area contributed by atoms with E-state index in [0.29, 0.717) is 12.1 Å². The molecule has 0 N–H and O–H groups in total. The highest BCUT2D eigenvalue weighted by Crippen LogP contribution is 2.32.